The first-order valence-electron chi connectivity index (χ1n) is 9.91. The Balaban J connectivity index is 1.45. The third kappa shape index (κ3) is 5.27. The second kappa shape index (κ2) is 9.67. The lowest BCUT2D eigenvalue weighted by molar-refractivity contribution is 0.174. The van der Waals surface area contributed by atoms with Gasteiger partial charge >= 0.3 is 0 Å². The fourth-order valence-electron chi connectivity index (χ4n) is 3.54. The largest absolute Gasteiger partial charge is 0.454 e. The number of ether oxygens (including phenoxy) is 2. The fourth-order valence-corrected chi connectivity index (χ4v) is 3.54. The first-order chi connectivity index (χ1) is 12.8. The highest BCUT2D eigenvalue weighted by Gasteiger charge is 2.17. The number of hydrogen-bond donors (Lipinski definition) is 2. The van der Waals surface area contributed by atoms with Crippen molar-refractivity contribution in [3.05, 3.63) is 23.8 Å². The second-order valence-electron chi connectivity index (χ2n) is 6.98. The number of rotatable bonds is 7. The summed E-state index contributed by atoms with van der Waals surface area (Å²) < 4.78 is 10.8. The Bertz CT molecular complexity index is 597. The van der Waals surface area contributed by atoms with Crippen LogP contribution >= 0.6 is 0 Å². The van der Waals surface area contributed by atoms with Crippen LogP contribution in [0.2, 0.25) is 0 Å². The van der Waals surface area contributed by atoms with Gasteiger partial charge in [-0.1, -0.05) is 13.0 Å². The Hall–Kier alpha value is -1.95. The van der Waals surface area contributed by atoms with E-state index in [1.807, 2.05) is 18.2 Å². The summed E-state index contributed by atoms with van der Waals surface area (Å²) in [7, 11) is 0. The molecule has 3 rings (SSSR count). The molecule has 0 aliphatic carbocycles. The van der Waals surface area contributed by atoms with Crippen LogP contribution in [0.5, 0.6) is 11.5 Å². The summed E-state index contributed by atoms with van der Waals surface area (Å²) in [6.45, 7) is 10.8. The number of nitrogens with one attached hydrogen (secondary N) is 2. The average molecular weight is 361 g/mol. The third-order valence-electron chi connectivity index (χ3n) is 5.20. The topological polar surface area (TPSA) is 58.1 Å². The standard InChI is InChI=1S/C20H32N4O2/c1-3-21-20(22-10-7-16-8-11-24(4-2)12-9-16)23-14-17-5-6-18-19(13-17)26-15-25-18/h5-6,13,16H,3-4,7-12,14-15H2,1-2H3,(H2,21,22,23). The van der Waals surface area contributed by atoms with E-state index >= 15 is 0 Å². The van der Waals surface area contributed by atoms with Crippen LogP contribution < -0.4 is 20.1 Å². The van der Waals surface area contributed by atoms with E-state index in [4.69, 9.17) is 14.5 Å². The fraction of sp³-hybridized carbons (Fsp3) is 0.650. The van der Waals surface area contributed by atoms with Gasteiger partial charge in [0.25, 0.3) is 0 Å². The highest BCUT2D eigenvalue weighted by molar-refractivity contribution is 5.79. The van der Waals surface area contributed by atoms with E-state index in [1.54, 1.807) is 0 Å². The van der Waals surface area contributed by atoms with E-state index in [1.165, 1.54) is 38.9 Å². The van der Waals surface area contributed by atoms with Gasteiger partial charge in [0.15, 0.2) is 17.5 Å². The average Bonchev–Trinajstić information content (AvgIpc) is 3.14. The lowest BCUT2D eigenvalue weighted by atomic mass is 9.93. The van der Waals surface area contributed by atoms with Crippen molar-refractivity contribution >= 4 is 5.96 Å². The van der Waals surface area contributed by atoms with Crippen molar-refractivity contribution in [1.29, 1.82) is 0 Å². The van der Waals surface area contributed by atoms with E-state index < -0.39 is 0 Å². The minimum Gasteiger partial charge on any atom is -0.454 e. The lowest BCUT2D eigenvalue weighted by Crippen LogP contribution is -2.39. The number of hydrogen-bond acceptors (Lipinski definition) is 4. The van der Waals surface area contributed by atoms with Crippen molar-refractivity contribution < 1.29 is 9.47 Å². The third-order valence-corrected chi connectivity index (χ3v) is 5.20. The van der Waals surface area contributed by atoms with Crippen molar-refractivity contribution in [1.82, 2.24) is 15.5 Å². The molecule has 0 bridgehead atoms. The normalized spacial score (nSPS) is 18.2. The molecule has 1 aromatic carbocycles. The van der Waals surface area contributed by atoms with Gasteiger partial charge in [-0.05, 0) is 69.4 Å². The number of benzene rings is 1. The number of likely N-dealkylation sites (tertiary alicyclic amines) is 1. The van der Waals surface area contributed by atoms with Gasteiger partial charge in [0, 0.05) is 13.1 Å². The summed E-state index contributed by atoms with van der Waals surface area (Å²) in [6, 6.07) is 6.01. The molecule has 6 nitrogen and oxygen atoms in total. The molecule has 1 fully saturated rings. The first kappa shape index (κ1) is 18.8. The van der Waals surface area contributed by atoms with Crippen LogP contribution in [-0.2, 0) is 6.54 Å². The molecule has 0 radical (unpaired) electrons. The predicted molar refractivity (Wildman–Crippen MR) is 105 cm³/mol. The van der Waals surface area contributed by atoms with Gasteiger partial charge in [-0.3, -0.25) is 0 Å². The number of fused-ring (bicyclic) bond motifs is 1. The zero-order chi connectivity index (χ0) is 18.2. The maximum absolute atomic E-state index is 5.44. The van der Waals surface area contributed by atoms with Crippen LogP contribution in [0.3, 0.4) is 0 Å². The number of aliphatic imine (C=N–C) groups is 1. The molecule has 6 heteroatoms. The second-order valence-corrected chi connectivity index (χ2v) is 6.98. The monoisotopic (exact) mass is 360 g/mol. The van der Waals surface area contributed by atoms with Crippen LogP contribution in [0.4, 0.5) is 0 Å². The van der Waals surface area contributed by atoms with Crippen LogP contribution in [0.1, 0.15) is 38.7 Å². The van der Waals surface area contributed by atoms with Crippen LogP contribution in [0, 0.1) is 5.92 Å². The van der Waals surface area contributed by atoms with Gasteiger partial charge in [0.1, 0.15) is 0 Å². The minimum atomic E-state index is 0.309. The Labute approximate surface area is 157 Å². The van der Waals surface area contributed by atoms with E-state index in [9.17, 15) is 0 Å². The summed E-state index contributed by atoms with van der Waals surface area (Å²) >= 11 is 0. The van der Waals surface area contributed by atoms with Crippen molar-refractivity contribution in [3.63, 3.8) is 0 Å². The maximum atomic E-state index is 5.44. The van der Waals surface area contributed by atoms with Crippen molar-refractivity contribution in [3.8, 4) is 11.5 Å². The van der Waals surface area contributed by atoms with Crippen LogP contribution in [-0.4, -0.2) is 50.4 Å². The van der Waals surface area contributed by atoms with Crippen molar-refractivity contribution in [2.24, 2.45) is 10.9 Å². The molecule has 0 amide bonds. The summed E-state index contributed by atoms with van der Waals surface area (Å²) in [4.78, 5) is 7.25. The van der Waals surface area contributed by atoms with Crippen molar-refractivity contribution in [2.75, 3.05) is 39.5 Å². The quantitative estimate of drug-likeness (QED) is 0.578. The van der Waals surface area contributed by atoms with Gasteiger partial charge < -0.3 is 25.0 Å². The molecule has 0 spiro atoms. The highest BCUT2D eigenvalue weighted by atomic mass is 16.7. The molecule has 0 unspecified atom stereocenters. The first-order valence-corrected chi connectivity index (χ1v) is 9.91. The zero-order valence-corrected chi connectivity index (χ0v) is 16.1. The Morgan fingerprint density at radius 1 is 1.15 bits per heavy atom. The smallest absolute Gasteiger partial charge is 0.231 e. The highest BCUT2D eigenvalue weighted by Crippen LogP contribution is 2.32. The lowest BCUT2D eigenvalue weighted by Gasteiger charge is -2.31. The molecular formula is C20H32N4O2. The van der Waals surface area contributed by atoms with E-state index in [0.717, 1.165) is 42.0 Å². The molecule has 2 aliphatic rings. The molecule has 144 valence electrons. The summed E-state index contributed by atoms with van der Waals surface area (Å²) in [5, 5.41) is 6.82. The van der Waals surface area contributed by atoms with E-state index in [-0.39, 0.29) is 0 Å². The molecule has 2 heterocycles. The number of nitrogens with zero attached hydrogens (tertiary/aromatic N) is 2. The summed E-state index contributed by atoms with van der Waals surface area (Å²) in [5.74, 6) is 3.35. The number of guanidine groups is 1. The van der Waals surface area contributed by atoms with E-state index in [0.29, 0.717) is 13.3 Å². The van der Waals surface area contributed by atoms with Gasteiger partial charge in [-0.15, -0.1) is 0 Å². The molecule has 2 N–H and O–H groups in total. The number of piperidine rings is 1. The molecule has 0 atom stereocenters. The molecule has 0 aromatic heterocycles. The van der Waals surface area contributed by atoms with Gasteiger partial charge in [0.2, 0.25) is 6.79 Å². The maximum Gasteiger partial charge on any atom is 0.231 e. The Morgan fingerprint density at radius 2 is 1.96 bits per heavy atom. The van der Waals surface area contributed by atoms with Crippen molar-refractivity contribution in [2.45, 2.75) is 39.7 Å². The zero-order valence-electron chi connectivity index (χ0n) is 16.1. The molecule has 2 aliphatic heterocycles. The van der Waals surface area contributed by atoms with Crippen LogP contribution in [0.25, 0.3) is 0 Å². The van der Waals surface area contributed by atoms with E-state index in [2.05, 4.69) is 29.4 Å². The molecule has 1 saturated heterocycles. The molecule has 1 aromatic rings. The summed E-state index contributed by atoms with van der Waals surface area (Å²) in [5.41, 5.74) is 1.12. The minimum absolute atomic E-state index is 0.309. The molecular weight excluding hydrogens is 328 g/mol. The molecule has 0 saturated carbocycles. The summed E-state index contributed by atoms with van der Waals surface area (Å²) in [6.07, 6.45) is 3.85. The Morgan fingerprint density at radius 3 is 2.73 bits per heavy atom. The predicted octanol–water partition coefficient (Wildman–Crippen LogP) is 2.59. The van der Waals surface area contributed by atoms with Crippen LogP contribution in [0.15, 0.2) is 23.2 Å². The van der Waals surface area contributed by atoms with Gasteiger partial charge in [-0.25, -0.2) is 4.99 Å². The SMILES string of the molecule is CCNC(=NCc1ccc2c(c1)OCO2)NCCC1CCN(CC)CC1. The van der Waals surface area contributed by atoms with Gasteiger partial charge in [-0.2, -0.15) is 0 Å². The Kier molecular flexibility index (Phi) is 7.00. The molecule has 26 heavy (non-hydrogen) atoms. The van der Waals surface area contributed by atoms with Gasteiger partial charge in [0.05, 0.1) is 6.54 Å².